The van der Waals surface area contributed by atoms with Crippen molar-refractivity contribution in [2.45, 2.75) is 6.54 Å². The van der Waals surface area contributed by atoms with E-state index in [0.717, 1.165) is 4.90 Å². The Hall–Kier alpha value is -3.84. The van der Waals surface area contributed by atoms with Crippen LogP contribution in [-0.2, 0) is 6.54 Å². The molecule has 6 nitrogen and oxygen atoms in total. The van der Waals surface area contributed by atoms with Gasteiger partial charge in [-0.15, -0.1) is 0 Å². The first-order chi connectivity index (χ1) is 16.0. The molecule has 0 saturated carbocycles. The van der Waals surface area contributed by atoms with Gasteiger partial charge in [0.1, 0.15) is 5.82 Å². The summed E-state index contributed by atoms with van der Waals surface area (Å²) >= 11 is 0. The highest BCUT2D eigenvalue weighted by Crippen LogP contribution is 2.29. The Labute approximate surface area is 190 Å². The van der Waals surface area contributed by atoms with Crippen LogP contribution < -0.4 is 4.90 Å². The van der Waals surface area contributed by atoms with Gasteiger partial charge in [-0.05, 0) is 36.4 Å². The minimum atomic E-state index is -0.387. The average Bonchev–Trinajstić information content (AvgIpc) is 3.11. The Bertz CT molecular complexity index is 1220. The Morgan fingerprint density at radius 1 is 0.788 bits per heavy atom. The summed E-state index contributed by atoms with van der Waals surface area (Å²) in [4.78, 5) is 43.7. The zero-order chi connectivity index (χ0) is 22.9. The van der Waals surface area contributed by atoms with Crippen molar-refractivity contribution in [1.82, 2.24) is 9.80 Å². The number of hydrogen-bond acceptors (Lipinski definition) is 4. The number of fused-ring (bicyclic) bond motifs is 1. The van der Waals surface area contributed by atoms with E-state index in [9.17, 15) is 18.8 Å². The van der Waals surface area contributed by atoms with Gasteiger partial charge in [0.05, 0.1) is 16.8 Å². The van der Waals surface area contributed by atoms with E-state index < -0.39 is 0 Å². The summed E-state index contributed by atoms with van der Waals surface area (Å²) in [6.07, 6.45) is 0. The lowest BCUT2D eigenvalue weighted by Crippen LogP contribution is -2.48. The Kier molecular flexibility index (Phi) is 5.48. The highest BCUT2D eigenvalue weighted by molar-refractivity contribution is 6.34. The molecule has 2 aliphatic rings. The second-order valence-electron chi connectivity index (χ2n) is 8.20. The van der Waals surface area contributed by atoms with Crippen LogP contribution in [-0.4, -0.2) is 53.7 Å². The molecular weight excluding hydrogens is 421 g/mol. The van der Waals surface area contributed by atoms with Crippen molar-refractivity contribution >= 4 is 23.4 Å². The second-order valence-corrected chi connectivity index (χ2v) is 8.20. The average molecular weight is 443 g/mol. The van der Waals surface area contributed by atoms with E-state index in [1.165, 1.54) is 6.07 Å². The summed E-state index contributed by atoms with van der Waals surface area (Å²) in [7, 11) is 0. The van der Waals surface area contributed by atoms with Crippen LogP contribution in [0.5, 0.6) is 0 Å². The number of imide groups is 1. The van der Waals surface area contributed by atoms with Crippen LogP contribution in [0, 0.1) is 5.82 Å². The largest absolute Gasteiger partial charge is 0.336 e. The molecule has 2 heterocycles. The van der Waals surface area contributed by atoms with E-state index in [-0.39, 0.29) is 23.5 Å². The Balaban J connectivity index is 1.27. The standard InChI is InChI=1S/C26H22FN3O3/c27-23-11-4-1-6-19(23)17-28-12-14-29(15-13-28)24(31)18-7-5-8-20(16-18)30-25(32)21-9-2-3-10-22(21)26(30)33/h1-11,16H,12-15,17H2. The molecule has 0 atom stereocenters. The zero-order valence-electron chi connectivity index (χ0n) is 17.9. The number of carbonyl (C=O) groups excluding carboxylic acids is 3. The maximum absolute atomic E-state index is 13.9. The van der Waals surface area contributed by atoms with E-state index >= 15 is 0 Å². The van der Waals surface area contributed by atoms with Crippen molar-refractivity contribution in [3.63, 3.8) is 0 Å². The van der Waals surface area contributed by atoms with Crippen molar-refractivity contribution in [1.29, 1.82) is 0 Å². The summed E-state index contributed by atoms with van der Waals surface area (Å²) in [6, 6.07) is 20.0. The van der Waals surface area contributed by atoms with Gasteiger partial charge in [-0.3, -0.25) is 19.3 Å². The second kappa shape index (κ2) is 8.60. The third-order valence-corrected chi connectivity index (χ3v) is 6.16. The molecule has 33 heavy (non-hydrogen) atoms. The van der Waals surface area contributed by atoms with Crippen LogP contribution in [0.15, 0.2) is 72.8 Å². The number of rotatable bonds is 4. The predicted molar refractivity (Wildman–Crippen MR) is 122 cm³/mol. The van der Waals surface area contributed by atoms with E-state index in [4.69, 9.17) is 0 Å². The quantitative estimate of drug-likeness (QED) is 0.579. The molecule has 5 rings (SSSR count). The van der Waals surface area contributed by atoms with E-state index in [2.05, 4.69) is 4.90 Å². The number of nitrogens with zero attached hydrogens (tertiary/aromatic N) is 3. The fourth-order valence-electron chi connectivity index (χ4n) is 4.36. The van der Waals surface area contributed by atoms with Crippen molar-refractivity contribution in [2.75, 3.05) is 31.1 Å². The fourth-order valence-corrected chi connectivity index (χ4v) is 4.36. The summed E-state index contributed by atoms with van der Waals surface area (Å²) in [6.45, 7) is 2.81. The molecule has 0 aromatic heterocycles. The minimum Gasteiger partial charge on any atom is -0.336 e. The third-order valence-electron chi connectivity index (χ3n) is 6.16. The first-order valence-corrected chi connectivity index (χ1v) is 10.9. The van der Waals surface area contributed by atoms with Crippen molar-refractivity contribution in [3.8, 4) is 0 Å². The van der Waals surface area contributed by atoms with Gasteiger partial charge < -0.3 is 4.90 Å². The zero-order valence-corrected chi connectivity index (χ0v) is 17.9. The molecule has 0 spiro atoms. The topological polar surface area (TPSA) is 60.9 Å². The van der Waals surface area contributed by atoms with Gasteiger partial charge in [-0.2, -0.15) is 0 Å². The molecule has 3 amide bonds. The Morgan fingerprint density at radius 3 is 2.09 bits per heavy atom. The first kappa shape index (κ1) is 21.0. The molecule has 166 valence electrons. The number of hydrogen-bond donors (Lipinski definition) is 0. The summed E-state index contributed by atoms with van der Waals surface area (Å²) in [5, 5.41) is 0. The van der Waals surface area contributed by atoms with Gasteiger partial charge in [-0.1, -0.05) is 36.4 Å². The normalized spacial score (nSPS) is 16.3. The highest BCUT2D eigenvalue weighted by atomic mass is 19.1. The molecule has 0 unspecified atom stereocenters. The molecular formula is C26H22FN3O3. The van der Waals surface area contributed by atoms with Crippen molar-refractivity contribution in [3.05, 3.63) is 101 Å². The number of amides is 3. The van der Waals surface area contributed by atoms with Crippen LogP contribution in [0.1, 0.15) is 36.6 Å². The maximum atomic E-state index is 13.9. The molecule has 3 aromatic carbocycles. The lowest BCUT2D eigenvalue weighted by atomic mass is 10.1. The molecule has 0 aliphatic carbocycles. The number of anilines is 1. The Morgan fingerprint density at radius 2 is 1.42 bits per heavy atom. The maximum Gasteiger partial charge on any atom is 0.266 e. The lowest BCUT2D eigenvalue weighted by molar-refractivity contribution is 0.0626. The number of carbonyl (C=O) groups is 3. The number of piperazine rings is 1. The minimum absolute atomic E-state index is 0.154. The van der Waals surface area contributed by atoms with Gasteiger partial charge in [0.15, 0.2) is 0 Å². The van der Waals surface area contributed by atoms with Crippen molar-refractivity contribution in [2.24, 2.45) is 0 Å². The third kappa shape index (κ3) is 3.91. The highest BCUT2D eigenvalue weighted by Gasteiger charge is 2.36. The van der Waals surface area contributed by atoms with E-state index in [1.807, 2.05) is 6.07 Å². The first-order valence-electron chi connectivity index (χ1n) is 10.9. The summed E-state index contributed by atoms with van der Waals surface area (Å²) < 4.78 is 13.9. The van der Waals surface area contributed by atoms with E-state index in [1.54, 1.807) is 65.6 Å². The van der Waals surface area contributed by atoms with Crippen LogP contribution in [0.25, 0.3) is 0 Å². The van der Waals surface area contributed by atoms with Crippen molar-refractivity contribution < 1.29 is 18.8 Å². The van der Waals surface area contributed by atoms with Crippen LogP contribution in [0.3, 0.4) is 0 Å². The number of halogens is 1. The molecule has 0 N–H and O–H groups in total. The molecule has 1 saturated heterocycles. The van der Waals surface area contributed by atoms with Crippen LogP contribution in [0.2, 0.25) is 0 Å². The van der Waals surface area contributed by atoms with Gasteiger partial charge in [0.25, 0.3) is 17.7 Å². The van der Waals surface area contributed by atoms with Gasteiger partial charge in [0.2, 0.25) is 0 Å². The summed E-state index contributed by atoms with van der Waals surface area (Å²) in [5.74, 6) is -1.15. The smallest absolute Gasteiger partial charge is 0.266 e. The van der Waals surface area contributed by atoms with Gasteiger partial charge >= 0.3 is 0 Å². The monoisotopic (exact) mass is 443 g/mol. The molecule has 0 radical (unpaired) electrons. The lowest BCUT2D eigenvalue weighted by Gasteiger charge is -2.35. The summed E-state index contributed by atoms with van der Waals surface area (Å²) in [5.41, 5.74) is 2.18. The number of benzene rings is 3. The van der Waals surface area contributed by atoms with Gasteiger partial charge in [0, 0.05) is 43.9 Å². The predicted octanol–water partition coefficient (Wildman–Crippen LogP) is 3.58. The SMILES string of the molecule is O=C(c1cccc(N2C(=O)c3ccccc3C2=O)c1)N1CCN(Cc2ccccc2F)CC1. The van der Waals surface area contributed by atoms with Crippen LogP contribution >= 0.6 is 0 Å². The molecule has 1 fully saturated rings. The van der Waals surface area contributed by atoms with Crippen LogP contribution in [0.4, 0.5) is 10.1 Å². The van der Waals surface area contributed by atoms with Gasteiger partial charge in [-0.25, -0.2) is 9.29 Å². The molecule has 0 bridgehead atoms. The molecule has 2 aliphatic heterocycles. The molecule has 3 aromatic rings. The molecule has 7 heteroatoms. The fraction of sp³-hybridized carbons (Fsp3) is 0.192. The van der Waals surface area contributed by atoms with E-state index in [0.29, 0.717) is 60.7 Å².